The number of benzene rings is 1. The Bertz CT molecular complexity index is 778. The molecule has 0 saturated heterocycles. The third-order valence-electron chi connectivity index (χ3n) is 3.08. The fourth-order valence-electron chi connectivity index (χ4n) is 1.90. The summed E-state index contributed by atoms with van der Waals surface area (Å²) in [4.78, 5) is 34.9. The van der Waals surface area contributed by atoms with E-state index in [4.69, 9.17) is 10.5 Å². The lowest BCUT2D eigenvalue weighted by molar-refractivity contribution is 0.0997. The van der Waals surface area contributed by atoms with Crippen LogP contribution in [0.2, 0.25) is 0 Å². The predicted octanol–water partition coefficient (Wildman–Crippen LogP) is 0.745. The zero-order valence-corrected chi connectivity index (χ0v) is 12.1. The number of carbonyl (C=O) groups excluding carboxylic acids is 2. The maximum atomic E-state index is 12.2. The van der Waals surface area contributed by atoms with E-state index >= 15 is 0 Å². The van der Waals surface area contributed by atoms with Crippen molar-refractivity contribution in [3.8, 4) is 5.75 Å². The molecule has 0 aliphatic heterocycles. The van der Waals surface area contributed by atoms with Crippen LogP contribution >= 0.6 is 0 Å². The minimum absolute atomic E-state index is 0.157. The number of primary amides is 1. The van der Waals surface area contributed by atoms with Crippen LogP contribution in [-0.4, -0.2) is 23.5 Å². The molecule has 3 N–H and O–H groups in total. The fraction of sp³-hybridized carbons (Fsp3) is 0.133. The fourth-order valence-corrected chi connectivity index (χ4v) is 1.90. The van der Waals surface area contributed by atoms with E-state index in [9.17, 15) is 14.4 Å². The van der Waals surface area contributed by atoms with Gasteiger partial charge in [0.2, 0.25) is 11.3 Å². The number of carbonyl (C=O) groups is 2. The molecule has 0 unspecified atom stereocenters. The van der Waals surface area contributed by atoms with Crippen LogP contribution in [0.3, 0.4) is 0 Å². The molecule has 1 aromatic heterocycles. The van der Waals surface area contributed by atoms with E-state index in [1.165, 1.54) is 36.1 Å². The van der Waals surface area contributed by atoms with Gasteiger partial charge in [0, 0.05) is 24.4 Å². The van der Waals surface area contributed by atoms with Gasteiger partial charge < -0.3 is 20.4 Å². The number of hydrogen-bond donors (Lipinski definition) is 2. The molecule has 0 spiro atoms. The van der Waals surface area contributed by atoms with Crippen molar-refractivity contribution < 1.29 is 14.3 Å². The second-order valence-electron chi connectivity index (χ2n) is 4.60. The van der Waals surface area contributed by atoms with Crippen LogP contribution in [0, 0.1) is 0 Å². The van der Waals surface area contributed by atoms with Gasteiger partial charge in [-0.25, -0.2) is 0 Å². The van der Waals surface area contributed by atoms with Crippen LogP contribution in [0.1, 0.15) is 20.8 Å². The first-order valence-electron chi connectivity index (χ1n) is 6.38. The van der Waals surface area contributed by atoms with Crippen molar-refractivity contribution in [1.82, 2.24) is 4.57 Å². The standard InChI is InChI=1S/C15H15N3O4/c1-18-8-13(22-2)12(19)7-11(18)15(21)17-10-5-3-9(4-6-10)14(16)20/h3-8H,1-2H3,(H2,16,20)(H,17,21). The third kappa shape index (κ3) is 3.14. The van der Waals surface area contributed by atoms with Crippen LogP contribution in [-0.2, 0) is 7.05 Å². The summed E-state index contributed by atoms with van der Waals surface area (Å²) in [5.74, 6) is -0.839. The van der Waals surface area contributed by atoms with Crippen LogP contribution < -0.4 is 21.2 Å². The van der Waals surface area contributed by atoms with Crippen molar-refractivity contribution in [2.75, 3.05) is 12.4 Å². The molecule has 0 aliphatic rings. The van der Waals surface area contributed by atoms with Crippen LogP contribution in [0.5, 0.6) is 5.75 Å². The van der Waals surface area contributed by atoms with Gasteiger partial charge >= 0.3 is 0 Å². The second-order valence-corrected chi connectivity index (χ2v) is 4.60. The number of amides is 2. The molecule has 7 nitrogen and oxygen atoms in total. The van der Waals surface area contributed by atoms with Crippen molar-refractivity contribution in [2.45, 2.75) is 0 Å². The predicted molar refractivity (Wildman–Crippen MR) is 81.1 cm³/mol. The highest BCUT2D eigenvalue weighted by Gasteiger charge is 2.12. The molecule has 114 valence electrons. The van der Waals surface area contributed by atoms with Crippen LogP contribution in [0.15, 0.2) is 41.3 Å². The summed E-state index contributed by atoms with van der Waals surface area (Å²) in [6.45, 7) is 0. The number of ether oxygens (including phenoxy) is 1. The molecule has 0 fully saturated rings. The molecule has 0 radical (unpaired) electrons. The first-order valence-corrected chi connectivity index (χ1v) is 6.38. The molecule has 0 bridgehead atoms. The topological polar surface area (TPSA) is 103 Å². The lowest BCUT2D eigenvalue weighted by Gasteiger charge is -2.11. The van der Waals surface area contributed by atoms with Gasteiger partial charge in [0.25, 0.3) is 5.91 Å². The molecule has 2 amide bonds. The molecule has 1 heterocycles. The van der Waals surface area contributed by atoms with Crippen molar-refractivity contribution in [1.29, 1.82) is 0 Å². The highest BCUT2D eigenvalue weighted by atomic mass is 16.5. The molecule has 2 rings (SSSR count). The van der Waals surface area contributed by atoms with E-state index < -0.39 is 11.8 Å². The number of nitrogens with two attached hydrogens (primary N) is 1. The molecular weight excluding hydrogens is 286 g/mol. The van der Waals surface area contributed by atoms with Gasteiger partial charge in [0.1, 0.15) is 5.69 Å². The number of anilines is 1. The van der Waals surface area contributed by atoms with E-state index in [-0.39, 0.29) is 16.9 Å². The highest BCUT2D eigenvalue weighted by Crippen LogP contribution is 2.12. The summed E-state index contributed by atoms with van der Waals surface area (Å²) in [6.07, 6.45) is 1.44. The summed E-state index contributed by atoms with van der Waals surface area (Å²) in [6, 6.07) is 7.32. The largest absolute Gasteiger partial charge is 0.491 e. The number of rotatable bonds is 4. The summed E-state index contributed by atoms with van der Waals surface area (Å²) in [5.41, 5.74) is 5.78. The minimum Gasteiger partial charge on any atom is -0.491 e. The monoisotopic (exact) mass is 301 g/mol. The average molecular weight is 301 g/mol. The number of pyridine rings is 1. The maximum Gasteiger partial charge on any atom is 0.272 e. The number of methoxy groups -OCH3 is 1. The SMILES string of the molecule is COc1cn(C)c(C(=O)Nc2ccc(C(N)=O)cc2)cc1=O. The van der Waals surface area contributed by atoms with Gasteiger partial charge in [0.15, 0.2) is 5.75 Å². The number of nitrogens with zero attached hydrogens (tertiary/aromatic N) is 1. The Morgan fingerprint density at radius 2 is 1.86 bits per heavy atom. The van der Waals surface area contributed by atoms with Crippen molar-refractivity contribution in [2.24, 2.45) is 12.8 Å². The lowest BCUT2D eigenvalue weighted by atomic mass is 10.2. The molecule has 2 aromatic rings. The molecule has 0 saturated carbocycles. The molecule has 1 aromatic carbocycles. The van der Waals surface area contributed by atoms with E-state index in [0.717, 1.165) is 0 Å². The normalized spacial score (nSPS) is 10.1. The van der Waals surface area contributed by atoms with E-state index in [0.29, 0.717) is 11.3 Å². The number of nitrogens with one attached hydrogen (secondary N) is 1. The quantitative estimate of drug-likeness (QED) is 0.869. The number of aromatic nitrogens is 1. The van der Waals surface area contributed by atoms with Gasteiger partial charge in [-0.15, -0.1) is 0 Å². The zero-order valence-electron chi connectivity index (χ0n) is 12.1. The van der Waals surface area contributed by atoms with E-state index in [1.54, 1.807) is 19.2 Å². The Hall–Kier alpha value is -3.09. The molecule has 7 heteroatoms. The third-order valence-corrected chi connectivity index (χ3v) is 3.08. The zero-order chi connectivity index (χ0) is 16.3. The van der Waals surface area contributed by atoms with Crippen molar-refractivity contribution >= 4 is 17.5 Å². The van der Waals surface area contributed by atoms with Gasteiger partial charge in [0.05, 0.1) is 13.3 Å². The minimum atomic E-state index is -0.546. The van der Waals surface area contributed by atoms with Gasteiger partial charge in [-0.1, -0.05) is 0 Å². The summed E-state index contributed by atoms with van der Waals surface area (Å²) >= 11 is 0. The van der Waals surface area contributed by atoms with E-state index in [2.05, 4.69) is 5.32 Å². The molecule has 0 aliphatic carbocycles. The summed E-state index contributed by atoms with van der Waals surface area (Å²) in [7, 11) is 3.02. The molecular formula is C15H15N3O4. The summed E-state index contributed by atoms with van der Waals surface area (Å²) < 4.78 is 6.40. The van der Waals surface area contributed by atoms with Gasteiger partial charge in [-0.3, -0.25) is 14.4 Å². The number of aryl methyl sites for hydroxylation is 1. The highest BCUT2D eigenvalue weighted by molar-refractivity contribution is 6.03. The number of hydrogen-bond acceptors (Lipinski definition) is 4. The maximum absolute atomic E-state index is 12.2. The smallest absolute Gasteiger partial charge is 0.272 e. The Kier molecular flexibility index (Phi) is 4.26. The first kappa shape index (κ1) is 15.3. The van der Waals surface area contributed by atoms with E-state index in [1.807, 2.05) is 0 Å². The van der Waals surface area contributed by atoms with Gasteiger partial charge in [-0.2, -0.15) is 0 Å². The summed E-state index contributed by atoms with van der Waals surface area (Å²) in [5, 5.41) is 2.64. The van der Waals surface area contributed by atoms with Crippen LogP contribution in [0.4, 0.5) is 5.69 Å². The Morgan fingerprint density at radius 3 is 2.41 bits per heavy atom. The first-order chi connectivity index (χ1) is 10.4. The van der Waals surface area contributed by atoms with Crippen LogP contribution in [0.25, 0.3) is 0 Å². The average Bonchev–Trinajstić information content (AvgIpc) is 2.49. The van der Waals surface area contributed by atoms with Gasteiger partial charge in [-0.05, 0) is 24.3 Å². The van der Waals surface area contributed by atoms with Crippen molar-refractivity contribution in [3.63, 3.8) is 0 Å². The Labute approximate surface area is 126 Å². The second kappa shape index (κ2) is 6.13. The Balaban J connectivity index is 2.24. The van der Waals surface area contributed by atoms with Crippen molar-refractivity contribution in [3.05, 3.63) is 58.0 Å². The molecule has 0 atom stereocenters. The molecule has 22 heavy (non-hydrogen) atoms. The Morgan fingerprint density at radius 1 is 1.23 bits per heavy atom. The lowest BCUT2D eigenvalue weighted by Crippen LogP contribution is -2.21.